The molecule has 1 aliphatic heterocycles. The van der Waals surface area contributed by atoms with E-state index in [1.165, 1.54) is 21.9 Å². The molecule has 0 spiro atoms. The van der Waals surface area contributed by atoms with Crippen LogP contribution < -0.4 is 11.1 Å². The van der Waals surface area contributed by atoms with Crippen molar-refractivity contribution in [1.82, 2.24) is 9.80 Å². The molecule has 4 amide bonds. The van der Waals surface area contributed by atoms with Crippen LogP contribution in [0.4, 0.5) is 5.69 Å². The molecule has 1 aliphatic rings. The van der Waals surface area contributed by atoms with Gasteiger partial charge in [0.1, 0.15) is 18.3 Å². The zero-order valence-electron chi connectivity index (χ0n) is 18.7. The normalized spacial score (nSPS) is 15.6. The standard InChI is InChI=1S/C24H28N4O5/c1-15(2)12-27(13-21(25)30)22(31)14-28-20(11-16-7-9-17(29)10-8-16)23(32)26-19-6-4-3-5-18(19)24(28)33/h3-10,15,20,29H,11-14H2,1-2H3,(H2,25,30)(H,26,32)/t20-/m0/s1. The van der Waals surface area contributed by atoms with Gasteiger partial charge in [-0.2, -0.15) is 0 Å². The van der Waals surface area contributed by atoms with Gasteiger partial charge < -0.3 is 26.0 Å². The van der Waals surface area contributed by atoms with Crippen molar-refractivity contribution in [1.29, 1.82) is 0 Å². The maximum absolute atomic E-state index is 13.5. The summed E-state index contributed by atoms with van der Waals surface area (Å²) in [6.45, 7) is 3.42. The number of benzene rings is 2. The predicted octanol–water partition coefficient (Wildman–Crippen LogP) is 1.37. The molecule has 0 saturated heterocycles. The summed E-state index contributed by atoms with van der Waals surface area (Å²) in [5.74, 6) is -1.88. The number of primary amides is 1. The van der Waals surface area contributed by atoms with Gasteiger partial charge in [0.05, 0.1) is 17.8 Å². The zero-order valence-corrected chi connectivity index (χ0v) is 18.7. The Balaban J connectivity index is 1.96. The van der Waals surface area contributed by atoms with E-state index < -0.39 is 29.7 Å². The van der Waals surface area contributed by atoms with Gasteiger partial charge in [-0.15, -0.1) is 0 Å². The number of phenols is 1. The molecule has 2 aromatic rings. The van der Waals surface area contributed by atoms with Crippen molar-refractivity contribution in [3.05, 3.63) is 59.7 Å². The van der Waals surface area contributed by atoms with Crippen LogP contribution in [-0.4, -0.2) is 64.2 Å². The summed E-state index contributed by atoms with van der Waals surface area (Å²) in [4.78, 5) is 53.9. The number of nitrogens with zero attached hydrogens (tertiary/aromatic N) is 2. The number of amides is 4. The lowest BCUT2D eigenvalue weighted by Gasteiger charge is -2.31. The van der Waals surface area contributed by atoms with E-state index in [4.69, 9.17) is 5.73 Å². The van der Waals surface area contributed by atoms with Crippen molar-refractivity contribution in [3.8, 4) is 5.75 Å². The Kier molecular flexibility index (Phi) is 7.32. The number of carbonyl (C=O) groups is 4. The van der Waals surface area contributed by atoms with Gasteiger partial charge in [0.25, 0.3) is 5.91 Å². The SMILES string of the molecule is CC(C)CN(CC(N)=O)C(=O)CN1C(=O)c2ccccc2NC(=O)[C@@H]1Cc1ccc(O)cc1. The Labute approximate surface area is 192 Å². The highest BCUT2D eigenvalue weighted by Crippen LogP contribution is 2.25. The highest BCUT2D eigenvalue weighted by molar-refractivity contribution is 6.10. The molecule has 174 valence electrons. The molecule has 2 aromatic carbocycles. The van der Waals surface area contributed by atoms with Crippen LogP contribution in [0.2, 0.25) is 0 Å². The minimum absolute atomic E-state index is 0.0740. The highest BCUT2D eigenvalue weighted by Gasteiger charge is 2.37. The summed E-state index contributed by atoms with van der Waals surface area (Å²) in [6, 6.07) is 11.9. The lowest BCUT2D eigenvalue weighted by molar-refractivity contribution is -0.137. The Morgan fingerprint density at radius 2 is 1.79 bits per heavy atom. The molecule has 4 N–H and O–H groups in total. The van der Waals surface area contributed by atoms with Gasteiger partial charge in [0.2, 0.25) is 17.7 Å². The molecular weight excluding hydrogens is 424 g/mol. The number of hydrogen-bond acceptors (Lipinski definition) is 5. The lowest BCUT2D eigenvalue weighted by Crippen LogP contribution is -2.52. The van der Waals surface area contributed by atoms with Crippen LogP contribution in [0, 0.1) is 5.92 Å². The third-order valence-electron chi connectivity index (χ3n) is 5.31. The van der Waals surface area contributed by atoms with Gasteiger partial charge >= 0.3 is 0 Å². The van der Waals surface area contributed by atoms with Crippen LogP contribution in [0.1, 0.15) is 29.8 Å². The molecule has 0 radical (unpaired) electrons. The predicted molar refractivity (Wildman–Crippen MR) is 122 cm³/mol. The fourth-order valence-corrected chi connectivity index (χ4v) is 3.80. The summed E-state index contributed by atoms with van der Waals surface area (Å²) < 4.78 is 0. The van der Waals surface area contributed by atoms with Gasteiger partial charge in [0, 0.05) is 13.0 Å². The van der Waals surface area contributed by atoms with Crippen molar-refractivity contribution < 1.29 is 24.3 Å². The van der Waals surface area contributed by atoms with E-state index in [9.17, 15) is 24.3 Å². The number of carbonyl (C=O) groups excluding carboxylic acids is 4. The number of aromatic hydroxyl groups is 1. The van der Waals surface area contributed by atoms with Crippen LogP contribution in [0.5, 0.6) is 5.75 Å². The molecule has 9 heteroatoms. The molecule has 0 aliphatic carbocycles. The number of fused-ring (bicyclic) bond motifs is 1. The second-order valence-electron chi connectivity index (χ2n) is 8.49. The van der Waals surface area contributed by atoms with Gasteiger partial charge in [-0.3, -0.25) is 19.2 Å². The number of hydrogen-bond donors (Lipinski definition) is 3. The number of rotatable bonds is 8. The molecule has 0 fully saturated rings. The highest BCUT2D eigenvalue weighted by atomic mass is 16.3. The summed E-state index contributed by atoms with van der Waals surface area (Å²) >= 11 is 0. The van der Waals surface area contributed by atoms with Gasteiger partial charge in [-0.05, 0) is 35.7 Å². The first kappa shape index (κ1) is 23.8. The van der Waals surface area contributed by atoms with Crippen molar-refractivity contribution in [2.24, 2.45) is 11.7 Å². The Morgan fingerprint density at radius 3 is 2.42 bits per heavy atom. The third-order valence-corrected chi connectivity index (χ3v) is 5.31. The fraction of sp³-hybridized carbons (Fsp3) is 0.333. The lowest BCUT2D eigenvalue weighted by atomic mass is 10.0. The Hall–Kier alpha value is -3.88. The van der Waals surface area contributed by atoms with E-state index in [-0.39, 0.29) is 43.3 Å². The van der Waals surface area contributed by atoms with E-state index in [1.807, 2.05) is 13.8 Å². The summed E-state index contributed by atoms with van der Waals surface area (Å²) in [5, 5.41) is 12.3. The van der Waals surface area contributed by atoms with Crippen molar-refractivity contribution in [3.63, 3.8) is 0 Å². The molecule has 9 nitrogen and oxygen atoms in total. The van der Waals surface area contributed by atoms with Crippen LogP contribution in [0.25, 0.3) is 0 Å². The second-order valence-corrected chi connectivity index (χ2v) is 8.49. The third kappa shape index (κ3) is 5.88. The van der Waals surface area contributed by atoms with Gasteiger partial charge in [-0.1, -0.05) is 38.1 Å². The molecular formula is C24H28N4O5. The van der Waals surface area contributed by atoms with Crippen LogP contribution in [-0.2, 0) is 20.8 Å². The molecule has 1 heterocycles. The van der Waals surface area contributed by atoms with Crippen molar-refractivity contribution in [2.45, 2.75) is 26.3 Å². The van der Waals surface area contributed by atoms with Crippen molar-refractivity contribution in [2.75, 3.05) is 25.0 Å². The number of nitrogens with one attached hydrogen (secondary N) is 1. The molecule has 3 rings (SSSR count). The van der Waals surface area contributed by atoms with Gasteiger partial charge in [0.15, 0.2) is 0 Å². The smallest absolute Gasteiger partial charge is 0.257 e. The van der Waals surface area contributed by atoms with E-state index >= 15 is 0 Å². The van der Waals surface area contributed by atoms with Gasteiger partial charge in [-0.25, -0.2) is 0 Å². The van der Waals surface area contributed by atoms with E-state index in [0.717, 1.165) is 0 Å². The first-order valence-electron chi connectivity index (χ1n) is 10.7. The number of phenolic OH excluding ortho intramolecular Hbond substituents is 1. The average molecular weight is 453 g/mol. The Morgan fingerprint density at radius 1 is 1.12 bits per heavy atom. The largest absolute Gasteiger partial charge is 0.508 e. The molecule has 0 bridgehead atoms. The van der Waals surface area contributed by atoms with E-state index in [0.29, 0.717) is 11.3 Å². The maximum Gasteiger partial charge on any atom is 0.257 e. The minimum Gasteiger partial charge on any atom is -0.508 e. The second kappa shape index (κ2) is 10.2. The number of nitrogens with two attached hydrogens (primary N) is 1. The molecule has 0 aromatic heterocycles. The zero-order chi connectivity index (χ0) is 24.1. The van der Waals surface area contributed by atoms with E-state index in [2.05, 4.69) is 5.32 Å². The monoisotopic (exact) mass is 452 g/mol. The first-order chi connectivity index (χ1) is 15.7. The molecule has 0 unspecified atom stereocenters. The van der Waals surface area contributed by atoms with E-state index in [1.54, 1.807) is 36.4 Å². The summed E-state index contributed by atoms with van der Waals surface area (Å²) in [6.07, 6.45) is 0.138. The fourth-order valence-electron chi connectivity index (χ4n) is 3.80. The topological polar surface area (TPSA) is 133 Å². The summed E-state index contributed by atoms with van der Waals surface area (Å²) in [5.41, 5.74) is 6.67. The summed E-state index contributed by atoms with van der Waals surface area (Å²) in [7, 11) is 0. The maximum atomic E-state index is 13.5. The number of anilines is 1. The van der Waals surface area contributed by atoms with Crippen LogP contribution in [0.3, 0.4) is 0 Å². The van der Waals surface area contributed by atoms with Crippen molar-refractivity contribution >= 4 is 29.3 Å². The molecule has 1 atom stereocenters. The number of para-hydroxylation sites is 1. The minimum atomic E-state index is -0.979. The molecule has 0 saturated carbocycles. The quantitative estimate of drug-likeness (QED) is 0.556. The molecule has 33 heavy (non-hydrogen) atoms. The van der Waals surface area contributed by atoms with Crippen LogP contribution >= 0.6 is 0 Å². The average Bonchev–Trinajstić information content (AvgIpc) is 2.84. The first-order valence-corrected chi connectivity index (χ1v) is 10.7. The van der Waals surface area contributed by atoms with Crippen LogP contribution in [0.15, 0.2) is 48.5 Å². The Bertz CT molecular complexity index is 1050.